The van der Waals surface area contributed by atoms with Crippen LogP contribution in [0.25, 0.3) is 0 Å². The van der Waals surface area contributed by atoms with Crippen LogP contribution >= 0.6 is 0 Å². The van der Waals surface area contributed by atoms with E-state index in [1.165, 1.54) is 5.56 Å². The third-order valence-electron chi connectivity index (χ3n) is 4.60. The van der Waals surface area contributed by atoms with Crippen LogP contribution in [0.2, 0.25) is 0 Å². The van der Waals surface area contributed by atoms with E-state index in [-0.39, 0.29) is 17.4 Å². The molecule has 21 heavy (non-hydrogen) atoms. The first kappa shape index (κ1) is 16.0. The van der Waals surface area contributed by atoms with Crippen LogP contribution < -0.4 is 5.73 Å². The van der Waals surface area contributed by atoms with E-state index >= 15 is 0 Å². The lowest BCUT2D eigenvalue weighted by atomic mass is 9.86. The number of rotatable bonds is 2. The minimum Gasteiger partial charge on any atom is -0.338 e. The predicted molar refractivity (Wildman–Crippen MR) is 87.4 cm³/mol. The van der Waals surface area contributed by atoms with E-state index in [1.54, 1.807) is 0 Å². The van der Waals surface area contributed by atoms with Crippen molar-refractivity contribution in [3.05, 3.63) is 35.4 Å². The quantitative estimate of drug-likeness (QED) is 0.908. The van der Waals surface area contributed by atoms with Gasteiger partial charge in [-0.05, 0) is 35.4 Å². The molecule has 0 aliphatic carbocycles. The molecule has 2 N–H and O–H groups in total. The Hall–Kier alpha value is -1.35. The predicted octanol–water partition coefficient (Wildman–Crippen LogP) is 3.18. The Morgan fingerprint density at radius 1 is 1.29 bits per heavy atom. The lowest BCUT2D eigenvalue weighted by molar-refractivity contribution is 0.0649. The second-order valence-electron chi connectivity index (χ2n) is 7.20. The molecular formula is C18H28N2O. The molecule has 0 bridgehead atoms. The van der Waals surface area contributed by atoms with E-state index in [4.69, 9.17) is 5.73 Å². The van der Waals surface area contributed by atoms with Gasteiger partial charge in [-0.3, -0.25) is 4.79 Å². The molecule has 0 spiro atoms. The van der Waals surface area contributed by atoms with Crippen LogP contribution in [0.1, 0.15) is 56.5 Å². The summed E-state index contributed by atoms with van der Waals surface area (Å²) in [6.07, 6.45) is 1.94. The monoisotopic (exact) mass is 288 g/mol. The van der Waals surface area contributed by atoms with E-state index in [0.29, 0.717) is 5.92 Å². The molecule has 0 saturated carbocycles. The lowest BCUT2D eigenvalue weighted by Gasteiger charge is -2.36. The fourth-order valence-electron chi connectivity index (χ4n) is 2.96. The molecule has 1 aliphatic rings. The Morgan fingerprint density at radius 2 is 1.90 bits per heavy atom. The first-order valence-corrected chi connectivity index (χ1v) is 7.98. The first-order chi connectivity index (χ1) is 9.82. The third kappa shape index (κ3) is 3.65. The van der Waals surface area contributed by atoms with Crippen LogP contribution in [0.3, 0.4) is 0 Å². The van der Waals surface area contributed by atoms with Gasteiger partial charge in [0.1, 0.15) is 0 Å². The largest absolute Gasteiger partial charge is 0.338 e. The number of likely N-dealkylation sites (tertiary alicyclic amines) is 1. The number of carbonyl (C=O) groups is 1. The number of benzene rings is 1. The molecule has 3 heteroatoms. The molecule has 3 nitrogen and oxygen atoms in total. The van der Waals surface area contributed by atoms with Crippen LogP contribution in [0.5, 0.6) is 0 Å². The van der Waals surface area contributed by atoms with E-state index in [0.717, 1.165) is 31.5 Å². The van der Waals surface area contributed by atoms with Gasteiger partial charge < -0.3 is 10.6 Å². The maximum Gasteiger partial charge on any atom is 0.253 e. The van der Waals surface area contributed by atoms with E-state index in [2.05, 4.69) is 39.8 Å². The summed E-state index contributed by atoms with van der Waals surface area (Å²) < 4.78 is 0. The number of amides is 1. The SMILES string of the molecule is CCC1CN(C(=O)c2ccc(C(C)(C)C)cc2)CCC1N. The van der Waals surface area contributed by atoms with Crippen molar-refractivity contribution in [2.45, 2.75) is 52.0 Å². The summed E-state index contributed by atoms with van der Waals surface area (Å²) in [5, 5.41) is 0. The molecule has 2 atom stereocenters. The summed E-state index contributed by atoms with van der Waals surface area (Å²) in [7, 11) is 0. The highest BCUT2D eigenvalue weighted by Gasteiger charge is 2.28. The van der Waals surface area contributed by atoms with E-state index in [9.17, 15) is 4.79 Å². The summed E-state index contributed by atoms with van der Waals surface area (Å²) in [4.78, 5) is 14.6. The summed E-state index contributed by atoms with van der Waals surface area (Å²) in [6, 6.07) is 8.29. The molecule has 1 saturated heterocycles. The normalized spacial score (nSPS) is 23.2. The van der Waals surface area contributed by atoms with Crippen molar-refractivity contribution in [1.82, 2.24) is 4.90 Å². The molecule has 1 aromatic carbocycles. The Kier molecular flexibility index (Phi) is 4.72. The average Bonchev–Trinajstić information content (AvgIpc) is 2.46. The standard InChI is InChI=1S/C18H28N2O/c1-5-13-12-20(11-10-16(13)19)17(21)14-6-8-15(9-7-14)18(2,3)4/h6-9,13,16H,5,10-12,19H2,1-4H3. The van der Waals surface area contributed by atoms with Gasteiger partial charge in [0.25, 0.3) is 5.91 Å². The number of nitrogens with two attached hydrogens (primary N) is 1. The minimum atomic E-state index is 0.118. The summed E-state index contributed by atoms with van der Waals surface area (Å²) in [5.41, 5.74) is 8.28. The Morgan fingerprint density at radius 3 is 2.43 bits per heavy atom. The molecule has 2 rings (SSSR count). The molecular weight excluding hydrogens is 260 g/mol. The zero-order valence-electron chi connectivity index (χ0n) is 13.7. The van der Waals surface area contributed by atoms with Crippen LogP contribution in [0.15, 0.2) is 24.3 Å². The highest BCUT2D eigenvalue weighted by atomic mass is 16.2. The molecule has 1 aliphatic heterocycles. The topological polar surface area (TPSA) is 46.3 Å². The van der Waals surface area contributed by atoms with Crippen LogP contribution in [0, 0.1) is 5.92 Å². The first-order valence-electron chi connectivity index (χ1n) is 7.98. The lowest BCUT2D eigenvalue weighted by Crippen LogP contribution is -2.49. The van der Waals surface area contributed by atoms with Gasteiger partial charge in [0, 0.05) is 24.7 Å². The van der Waals surface area contributed by atoms with Crippen molar-refractivity contribution >= 4 is 5.91 Å². The van der Waals surface area contributed by atoms with Gasteiger partial charge in [-0.25, -0.2) is 0 Å². The molecule has 1 amide bonds. The zero-order chi connectivity index (χ0) is 15.6. The Balaban J connectivity index is 2.10. The Bertz CT molecular complexity index is 487. The van der Waals surface area contributed by atoms with Gasteiger partial charge >= 0.3 is 0 Å². The highest BCUT2D eigenvalue weighted by molar-refractivity contribution is 5.94. The summed E-state index contributed by atoms with van der Waals surface area (Å²) >= 11 is 0. The smallest absolute Gasteiger partial charge is 0.253 e. The maximum absolute atomic E-state index is 12.6. The van der Waals surface area contributed by atoms with Crippen LogP contribution in [0.4, 0.5) is 0 Å². The van der Waals surface area contributed by atoms with E-state index in [1.807, 2.05) is 17.0 Å². The summed E-state index contributed by atoms with van der Waals surface area (Å²) in [6.45, 7) is 10.3. The van der Waals surface area contributed by atoms with Crippen molar-refractivity contribution in [3.8, 4) is 0 Å². The van der Waals surface area contributed by atoms with Gasteiger partial charge in [-0.2, -0.15) is 0 Å². The molecule has 0 radical (unpaired) electrons. The van der Waals surface area contributed by atoms with Gasteiger partial charge in [-0.15, -0.1) is 0 Å². The summed E-state index contributed by atoms with van der Waals surface area (Å²) in [5.74, 6) is 0.567. The molecule has 0 aromatic heterocycles. The number of nitrogens with zero attached hydrogens (tertiary/aromatic N) is 1. The van der Waals surface area contributed by atoms with Crippen molar-refractivity contribution in [1.29, 1.82) is 0 Å². The fraction of sp³-hybridized carbons (Fsp3) is 0.611. The van der Waals surface area contributed by atoms with Gasteiger partial charge in [0.15, 0.2) is 0 Å². The Labute approximate surface area is 128 Å². The van der Waals surface area contributed by atoms with E-state index < -0.39 is 0 Å². The second-order valence-corrected chi connectivity index (χ2v) is 7.20. The minimum absolute atomic E-state index is 0.118. The van der Waals surface area contributed by atoms with Crippen molar-refractivity contribution in [2.24, 2.45) is 11.7 Å². The zero-order valence-corrected chi connectivity index (χ0v) is 13.7. The second kappa shape index (κ2) is 6.18. The van der Waals surface area contributed by atoms with Crippen LogP contribution in [-0.4, -0.2) is 29.9 Å². The third-order valence-corrected chi connectivity index (χ3v) is 4.60. The number of piperidine rings is 1. The number of hydrogen-bond donors (Lipinski definition) is 1. The van der Waals surface area contributed by atoms with Crippen molar-refractivity contribution in [2.75, 3.05) is 13.1 Å². The van der Waals surface area contributed by atoms with Gasteiger partial charge in [-0.1, -0.05) is 46.2 Å². The molecule has 1 fully saturated rings. The highest BCUT2D eigenvalue weighted by Crippen LogP contribution is 2.24. The van der Waals surface area contributed by atoms with Gasteiger partial charge in [0.2, 0.25) is 0 Å². The molecule has 1 heterocycles. The van der Waals surface area contributed by atoms with Crippen molar-refractivity contribution in [3.63, 3.8) is 0 Å². The molecule has 2 unspecified atom stereocenters. The average molecular weight is 288 g/mol. The van der Waals surface area contributed by atoms with Crippen molar-refractivity contribution < 1.29 is 4.79 Å². The van der Waals surface area contributed by atoms with Crippen LogP contribution in [-0.2, 0) is 5.41 Å². The molecule has 116 valence electrons. The fourth-order valence-corrected chi connectivity index (χ4v) is 2.96. The number of hydrogen-bond acceptors (Lipinski definition) is 2. The van der Waals surface area contributed by atoms with Gasteiger partial charge in [0.05, 0.1) is 0 Å². The molecule has 1 aromatic rings. The maximum atomic E-state index is 12.6. The number of carbonyl (C=O) groups excluding carboxylic acids is 1.